The second-order valence-electron chi connectivity index (χ2n) is 4.98. The molecule has 0 fully saturated rings. The van der Waals surface area contributed by atoms with Crippen LogP contribution < -0.4 is 5.32 Å². The van der Waals surface area contributed by atoms with Crippen LogP contribution in [0.25, 0.3) is 0 Å². The Balaban J connectivity index is 1.97. The Morgan fingerprint density at radius 1 is 1.24 bits per heavy atom. The lowest BCUT2D eigenvalue weighted by atomic mass is 10.1. The van der Waals surface area contributed by atoms with Gasteiger partial charge in [0, 0.05) is 26.7 Å². The SMILES string of the molecule is CCOCc1ccccc1CNCc1c(Cl)c(C)nn1C. The van der Waals surface area contributed by atoms with Gasteiger partial charge in [0.25, 0.3) is 0 Å². The molecule has 4 nitrogen and oxygen atoms in total. The summed E-state index contributed by atoms with van der Waals surface area (Å²) in [6.07, 6.45) is 0. The number of aryl methyl sites for hydroxylation is 2. The summed E-state index contributed by atoms with van der Waals surface area (Å²) in [5, 5.41) is 8.49. The molecule has 0 aliphatic carbocycles. The van der Waals surface area contributed by atoms with E-state index < -0.39 is 0 Å². The molecule has 0 bridgehead atoms. The van der Waals surface area contributed by atoms with Crippen molar-refractivity contribution in [3.05, 3.63) is 51.8 Å². The van der Waals surface area contributed by atoms with Gasteiger partial charge >= 0.3 is 0 Å². The van der Waals surface area contributed by atoms with Crippen molar-refractivity contribution in [2.24, 2.45) is 7.05 Å². The predicted octanol–water partition coefficient (Wildman–Crippen LogP) is 3.21. The first-order valence-corrected chi connectivity index (χ1v) is 7.54. The highest BCUT2D eigenvalue weighted by atomic mass is 35.5. The zero-order chi connectivity index (χ0) is 15.2. The third kappa shape index (κ3) is 4.06. The maximum atomic E-state index is 6.25. The highest BCUT2D eigenvalue weighted by Gasteiger charge is 2.10. The first-order valence-electron chi connectivity index (χ1n) is 7.16. The molecule has 1 heterocycles. The van der Waals surface area contributed by atoms with Gasteiger partial charge in [-0.1, -0.05) is 35.9 Å². The Labute approximate surface area is 131 Å². The van der Waals surface area contributed by atoms with E-state index in [2.05, 4.69) is 22.5 Å². The van der Waals surface area contributed by atoms with E-state index in [0.717, 1.165) is 29.6 Å². The fourth-order valence-corrected chi connectivity index (χ4v) is 2.50. The summed E-state index contributed by atoms with van der Waals surface area (Å²) in [5.41, 5.74) is 4.35. The summed E-state index contributed by atoms with van der Waals surface area (Å²) in [4.78, 5) is 0. The van der Waals surface area contributed by atoms with Crippen LogP contribution in [0.3, 0.4) is 0 Å². The van der Waals surface area contributed by atoms with Crippen molar-refractivity contribution in [3.63, 3.8) is 0 Å². The average molecular weight is 308 g/mol. The number of benzene rings is 1. The second kappa shape index (κ2) is 7.59. The molecule has 1 N–H and O–H groups in total. The molecule has 2 rings (SSSR count). The van der Waals surface area contributed by atoms with Crippen LogP contribution in [-0.4, -0.2) is 16.4 Å². The fraction of sp³-hybridized carbons (Fsp3) is 0.438. The maximum Gasteiger partial charge on any atom is 0.0860 e. The van der Waals surface area contributed by atoms with Gasteiger partial charge < -0.3 is 10.1 Å². The van der Waals surface area contributed by atoms with E-state index in [9.17, 15) is 0 Å². The van der Waals surface area contributed by atoms with Gasteiger partial charge in [-0.2, -0.15) is 5.10 Å². The number of aromatic nitrogens is 2. The molecule has 0 saturated heterocycles. The number of rotatable bonds is 7. The minimum atomic E-state index is 0.653. The van der Waals surface area contributed by atoms with Gasteiger partial charge in [-0.3, -0.25) is 4.68 Å². The lowest BCUT2D eigenvalue weighted by molar-refractivity contribution is 0.133. The minimum absolute atomic E-state index is 0.653. The smallest absolute Gasteiger partial charge is 0.0860 e. The largest absolute Gasteiger partial charge is 0.377 e. The van der Waals surface area contributed by atoms with Crippen molar-refractivity contribution in [1.29, 1.82) is 0 Å². The van der Waals surface area contributed by atoms with Crippen LogP contribution in [0.1, 0.15) is 29.4 Å². The predicted molar refractivity (Wildman–Crippen MR) is 85.3 cm³/mol. The molecule has 1 aromatic heterocycles. The van der Waals surface area contributed by atoms with Crippen LogP contribution in [0.4, 0.5) is 0 Å². The highest BCUT2D eigenvalue weighted by Crippen LogP contribution is 2.19. The van der Waals surface area contributed by atoms with Crippen LogP contribution in [0.15, 0.2) is 24.3 Å². The van der Waals surface area contributed by atoms with E-state index in [4.69, 9.17) is 16.3 Å². The van der Waals surface area contributed by atoms with Crippen molar-refractivity contribution in [3.8, 4) is 0 Å². The van der Waals surface area contributed by atoms with Crippen LogP contribution in [0, 0.1) is 6.92 Å². The quantitative estimate of drug-likeness (QED) is 0.854. The van der Waals surface area contributed by atoms with E-state index in [1.54, 1.807) is 0 Å². The summed E-state index contributed by atoms with van der Waals surface area (Å²) < 4.78 is 7.33. The van der Waals surface area contributed by atoms with Crippen LogP contribution in [0.5, 0.6) is 0 Å². The molecule has 0 aliphatic heterocycles. The van der Waals surface area contributed by atoms with E-state index in [1.165, 1.54) is 11.1 Å². The van der Waals surface area contributed by atoms with Crippen LogP contribution >= 0.6 is 11.6 Å². The van der Waals surface area contributed by atoms with Crippen molar-refractivity contribution < 1.29 is 4.74 Å². The second-order valence-corrected chi connectivity index (χ2v) is 5.36. The van der Waals surface area contributed by atoms with Crippen LogP contribution in [-0.2, 0) is 31.5 Å². The standard InChI is InChI=1S/C16H22ClN3O/c1-4-21-11-14-8-6-5-7-13(14)9-18-10-15-16(17)12(2)19-20(15)3/h5-8,18H,4,9-11H2,1-3H3. The summed E-state index contributed by atoms with van der Waals surface area (Å²) in [6, 6.07) is 8.32. The number of halogens is 1. The molecule has 21 heavy (non-hydrogen) atoms. The Hall–Kier alpha value is -1.36. The summed E-state index contributed by atoms with van der Waals surface area (Å²) >= 11 is 6.25. The molecule has 0 saturated carbocycles. The molecule has 1 aromatic carbocycles. The van der Waals surface area contributed by atoms with Crippen molar-refractivity contribution in [1.82, 2.24) is 15.1 Å². The summed E-state index contributed by atoms with van der Waals surface area (Å²) in [7, 11) is 1.92. The van der Waals surface area contributed by atoms with Gasteiger partial charge in [0.05, 0.1) is 23.0 Å². The molecule has 0 spiro atoms. The van der Waals surface area contributed by atoms with Gasteiger partial charge in [-0.15, -0.1) is 0 Å². The number of ether oxygens (including phenoxy) is 1. The lowest BCUT2D eigenvalue weighted by Gasteiger charge is -2.11. The van der Waals surface area contributed by atoms with Crippen molar-refractivity contribution >= 4 is 11.6 Å². The summed E-state index contributed by atoms with van der Waals surface area (Å²) in [6.45, 7) is 6.78. The lowest BCUT2D eigenvalue weighted by Crippen LogP contribution is -2.16. The van der Waals surface area contributed by atoms with Crippen molar-refractivity contribution in [2.75, 3.05) is 6.61 Å². The minimum Gasteiger partial charge on any atom is -0.377 e. The number of nitrogens with one attached hydrogen (secondary N) is 1. The Bertz CT molecular complexity index is 595. The van der Waals surface area contributed by atoms with E-state index >= 15 is 0 Å². The molecule has 0 radical (unpaired) electrons. The molecule has 114 valence electrons. The Morgan fingerprint density at radius 2 is 1.95 bits per heavy atom. The van der Waals surface area contributed by atoms with Crippen molar-refractivity contribution in [2.45, 2.75) is 33.5 Å². The van der Waals surface area contributed by atoms with E-state index in [-0.39, 0.29) is 0 Å². The van der Waals surface area contributed by atoms with Crippen LogP contribution in [0.2, 0.25) is 5.02 Å². The third-order valence-corrected chi connectivity index (χ3v) is 3.94. The highest BCUT2D eigenvalue weighted by molar-refractivity contribution is 6.31. The zero-order valence-electron chi connectivity index (χ0n) is 12.8. The average Bonchev–Trinajstić information content (AvgIpc) is 2.72. The molecule has 0 unspecified atom stereocenters. The molecule has 0 amide bonds. The number of nitrogens with zero attached hydrogens (tertiary/aromatic N) is 2. The number of hydrogen-bond donors (Lipinski definition) is 1. The van der Waals surface area contributed by atoms with Gasteiger partial charge in [0.1, 0.15) is 0 Å². The normalized spacial score (nSPS) is 11.0. The van der Waals surface area contributed by atoms with E-state index in [0.29, 0.717) is 13.2 Å². The van der Waals surface area contributed by atoms with Gasteiger partial charge in [0.2, 0.25) is 0 Å². The number of hydrogen-bond acceptors (Lipinski definition) is 3. The molecular weight excluding hydrogens is 286 g/mol. The Kier molecular flexibility index (Phi) is 5.79. The maximum absolute atomic E-state index is 6.25. The van der Waals surface area contributed by atoms with Gasteiger partial charge in [0.15, 0.2) is 0 Å². The fourth-order valence-electron chi connectivity index (χ4n) is 2.27. The van der Waals surface area contributed by atoms with Gasteiger partial charge in [-0.25, -0.2) is 0 Å². The molecule has 0 atom stereocenters. The third-order valence-electron chi connectivity index (χ3n) is 3.45. The molecule has 2 aromatic rings. The topological polar surface area (TPSA) is 39.1 Å². The monoisotopic (exact) mass is 307 g/mol. The molecule has 5 heteroatoms. The first kappa shape index (κ1) is 16.0. The Morgan fingerprint density at radius 3 is 2.57 bits per heavy atom. The molecule has 0 aliphatic rings. The first-order chi connectivity index (χ1) is 10.1. The van der Waals surface area contributed by atoms with Gasteiger partial charge in [-0.05, 0) is 25.0 Å². The van der Waals surface area contributed by atoms with E-state index in [1.807, 2.05) is 37.7 Å². The summed E-state index contributed by atoms with van der Waals surface area (Å²) in [5.74, 6) is 0. The molecular formula is C16H22ClN3O. The zero-order valence-corrected chi connectivity index (χ0v) is 13.6.